The Morgan fingerprint density at radius 2 is 1.68 bits per heavy atom. The van der Waals surface area contributed by atoms with E-state index in [-0.39, 0.29) is 6.54 Å². The van der Waals surface area contributed by atoms with Crippen molar-refractivity contribution in [3.8, 4) is 11.3 Å². The summed E-state index contributed by atoms with van der Waals surface area (Å²) in [6.07, 6.45) is 9.21. The standard InChI is InChI=1S/C21H18N6O/c28-19(17-5-3-10-23-13-17)14-27(20-8-11-24-15-25-20)21-7-1-6-18(26-21)16-4-2-9-22-12-16/h1-13,15,19,28H,14H2. The molecule has 1 atom stereocenters. The number of anilines is 2. The Labute approximate surface area is 162 Å². The van der Waals surface area contributed by atoms with Crippen molar-refractivity contribution < 1.29 is 5.11 Å². The van der Waals surface area contributed by atoms with Gasteiger partial charge in [0.25, 0.3) is 0 Å². The van der Waals surface area contributed by atoms with E-state index in [1.807, 2.05) is 41.3 Å². The fourth-order valence-electron chi connectivity index (χ4n) is 2.85. The van der Waals surface area contributed by atoms with Crippen LogP contribution in [0.4, 0.5) is 11.6 Å². The first-order valence-electron chi connectivity index (χ1n) is 8.80. The fourth-order valence-corrected chi connectivity index (χ4v) is 2.85. The molecule has 0 fully saturated rings. The maximum Gasteiger partial charge on any atom is 0.137 e. The van der Waals surface area contributed by atoms with Gasteiger partial charge in [-0.2, -0.15) is 0 Å². The van der Waals surface area contributed by atoms with Crippen LogP contribution in [0.25, 0.3) is 11.3 Å². The summed E-state index contributed by atoms with van der Waals surface area (Å²) in [7, 11) is 0. The highest BCUT2D eigenvalue weighted by atomic mass is 16.3. The Balaban J connectivity index is 1.70. The quantitative estimate of drug-likeness (QED) is 0.557. The largest absolute Gasteiger partial charge is 0.386 e. The first kappa shape index (κ1) is 17.7. The number of aromatic nitrogens is 5. The van der Waals surface area contributed by atoms with Crippen LogP contribution in [-0.2, 0) is 0 Å². The predicted molar refractivity (Wildman–Crippen MR) is 106 cm³/mol. The lowest BCUT2D eigenvalue weighted by Gasteiger charge is -2.25. The molecular formula is C21H18N6O. The molecule has 0 bridgehead atoms. The smallest absolute Gasteiger partial charge is 0.137 e. The Hall–Kier alpha value is -3.71. The molecule has 0 amide bonds. The van der Waals surface area contributed by atoms with Crippen molar-refractivity contribution in [3.05, 3.63) is 91.4 Å². The molecule has 1 N–H and O–H groups in total. The van der Waals surface area contributed by atoms with Gasteiger partial charge in [0.2, 0.25) is 0 Å². The molecule has 0 spiro atoms. The topological polar surface area (TPSA) is 87.9 Å². The summed E-state index contributed by atoms with van der Waals surface area (Å²) >= 11 is 0. The van der Waals surface area contributed by atoms with Gasteiger partial charge in [-0.05, 0) is 36.4 Å². The molecule has 0 aliphatic carbocycles. The van der Waals surface area contributed by atoms with Crippen molar-refractivity contribution in [2.45, 2.75) is 6.10 Å². The minimum absolute atomic E-state index is 0.270. The Morgan fingerprint density at radius 1 is 0.821 bits per heavy atom. The molecule has 138 valence electrons. The van der Waals surface area contributed by atoms with Crippen LogP contribution in [0, 0.1) is 0 Å². The van der Waals surface area contributed by atoms with Crippen LogP contribution in [0.5, 0.6) is 0 Å². The molecule has 28 heavy (non-hydrogen) atoms. The van der Waals surface area contributed by atoms with Crippen molar-refractivity contribution in [2.75, 3.05) is 11.4 Å². The number of hydrogen-bond donors (Lipinski definition) is 1. The summed E-state index contributed by atoms with van der Waals surface area (Å²) in [6, 6.07) is 15.0. The number of hydrogen-bond acceptors (Lipinski definition) is 7. The molecule has 0 aliphatic heterocycles. The van der Waals surface area contributed by atoms with E-state index in [1.165, 1.54) is 6.33 Å². The van der Waals surface area contributed by atoms with Crippen LogP contribution in [0.15, 0.2) is 85.8 Å². The van der Waals surface area contributed by atoms with Crippen molar-refractivity contribution >= 4 is 11.6 Å². The summed E-state index contributed by atoms with van der Waals surface area (Å²) in [5.41, 5.74) is 2.44. The summed E-state index contributed by atoms with van der Waals surface area (Å²) in [5.74, 6) is 1.32. The van der Waals surface area contributed by atoms with Gasteiger partial charge < -0.3 is 10.0 Å². The molecule has 0 saturated heterocycles. The van der Waals surface area contributed by atoms with Crippen molar-refractivity contribution in [1.29, 1.82) is 0 Å². The van der Waals surface area contributed by atoms with E-state index < -0.39 is 6.10 Å². The molecule has 0 saturated carbocycles. The van der Waals surface area contributed by atoms with Crippen LogP contribution in [0.1, 0.15) is 11.7 Å². The monoisotopic (exact) mass is 370 g/mol. The van der Waals surface area contributed by atoms with E-state index in [2.05, 4.69) is 19.9 Å². The van der Waals surface area contributed by atoms with Gasteiger partial charge in [-0.15, -0.1) is 0 Å². The van der Waals surface area contributed by atoms with Gasteiger partial charge in [-0.3, -0.25) is 9.97 Å². The third kappa shape index (κ3) is 3.99. The molecule has 0 aliphatic rings. The third-order valence-corrected chi connectivity index (χ3v) is 4.24. The van der Waals surface area contributed by atoms with E-state index in [0.29, 0.717) is 11.6 Å². The van der Waals surface area contributed by atoms with Crippen LogP contribution in [-0.4, -0.2) is 36.6 Å². The Bertz CT molecular complexity index is 1010. The highest BCUT2D eigenvalue weighted by Crippen LogP contribution is 2.27. The molecule has 4 aromatic rings. The van der Waals surface area contributed by atoms with E-state index in [9.17, 15) is 5.11 Å². The lowest BCUT2D eigenvalue weighted by Crippen LogP contribution is -2.25. The number of aliphatic hydroxyl groups excluding tert-OH is 1. The molecule has 4 aromatic heterocycles. The second-order valence-electron chi connectivity index (χ2n) is 6.10. The van der Waals surface area contributed by atoms with Gasteiger partial charge in [0.15, 0.2) is 0 Å². The second-order valence-corrected chi connectivity index (χ2v) is 6.10. The molecule has 0 radical (unpaired) electrons. The molecular weight excluding hydrogens is 352 g/mol. The van der Waals surface area contributed by atoms with Gasteiger partial charge in [-0.1, -0.05) is 12.1 Å². The molecule has 0 aromatic carbocycles. The SMILES string of the molecule is OC(CN(c1ccncn1)c1cccc(-c2cccnc2)n1)c1cccnc1. The van der Waals surface area contributed by atoms with Crippen molar-refractivity contribution in [2.24, 2.45) is 0 Å². The zero-order chi connectivity index (χ0) is 19.2. The number of aliphatic hydroxyl groups is 1. The lowest BCUT2D eigenvalue weighted by atomic mass is 10.1. The van der Waals surface area contributed by atoms with E-state index in [0.717, 1.165) is 16.8 Å². The summed E-state index contributed by atoms with van der Waals surface area (Å²) in [6.45, 7) is 0.270. The molecule has 4 rings (SSSR count). The van der Waals surface area contributed by atoms with Gasteiger partial charge >= 0.3 is 0 Å². The number of rotatable bonds is 6. The average Bonchev–Trinajstić information content (AvgIpc) is 2.79. The highest BCUT2D eigenvalue weighted by molar-refractivity contribution is 5.63. The minimum Gasteiger partial charge on any atom is -0.386 e. The molecule has 7 nitrogen and oxygen atoms in total. The first-order chi connectivity index (χ1) is 13.8. The third-order valence-electron chi connectivity index (χ3n) is 4.24. The van der Waals surface area contributed by atoms with Gasteiger partial charge in [0.05, 0.1) is 18.3 Å². The lowest BCUT2D eigenvalue weighted by molar-refractivity contribution is 0.185. The van der Waals surface area contributed by atoms with Gasteiger partial charge in [-0.25, -0.2) is 15.0 Å². The Morgan fingerprint density at radius 3 is 2.39 bits per heavy atom. The molecule has 4 heterocycles. The minimum atomic E-state index is -0.757. The predicted octanol–water partition coefficient (Wildman–Crippen LogP) is 3.20. The molecule has 1 unspecified atom stereocenters. The average molecular weight is 370 g/mol. The van der Waals surface area contributed by atoms with Crippen LogP contribution < -0.4 is 4.90 Å². The summed E-state index contributed by atoms with van der Waals surface area (Å²) in [5, 5.41) is 10.7. The normalized spacial score (nSPS) is 11.8. The highest BCUT2D eigenvalue weighted by Gasteiger charge is 2.18. The number of pyridine rings is 3. The van der Waals surface area contributed by atoms with Crippen molar-refractivity contribution in [1.82, 2.24) is 24.9 Å². The Kier molecular flexibility index (Phi) is 5.26. The summed E-state index contributed by atoms with van der Waals surface area (Å²) in [4.78, 5) is 23.2. The zero-order valence-electron chi connectivity index (χ0n) is 15.0. The van der Waals surface area contributed by atoms with Crippen LogP contribution in [0.3, 0.4) is 0 Å². The zero-order valence-corrected chi connectivity index (χ0v) is 15.0. The maximum absolute atomic E-state index is 10.7. The van der Waals surface area contributed by atoms with Crippen LogP contribution in [0.2, 0.25) is 0 Å². The van der Waals surface area contributed by atoms with Gasteiger partial charge in [0, 0.05) is 42.1 Å². The molecule has 7 heteroatoms. The fraction of sp³-hybridized carbons (Fsp3) is 0.0952. The van der Waals surface area contributed by atoms with E-state index in [1.54, 1.807) is 43.1 Å². The van der Waals surface area contributed by atoms with Gasteiger partial charge in [0.1, 0.15) is 18.0 Å². The second kappa shape index (κ2) is 8.32. The summed E-state index contributed by atoms with van der Waals surface area (Å²) < 4.78 is 0. The van der Waals surface area contributed by atoms with Crippen molar-refractivity contribution in [3.63, 3.8) is 0 Å². The maximum atomic E-state index is 10.7. The van der Waals surface area contributed by atoms with E-state index in [4.69, 9.17) is 4.98 Å². The number of nitrogens with zero attached hydrogens (tertiary/aromatic N) is 6. The van der Waals surface area contributed by atoms with Crippen LogP contribution >= 0.6 is 0 Å². The van der Waals surface area contributed by atoms with E-state index >= 15 is 0 Å². The first-order valence-corrected chi connectivity index (χ1v) is 8.80.